The zero-order valence-electron chi connectivity index (χ0n) is 11.0. The number of likely N-dealkylation sites (tertiary alicyclic amines) is 1. The lowest BCUT2D eigenvalue weighted by atomic mass is 9.98. The highest BCUT2D eigenvalue weighted by Crippen LogP contribution is 2.25. The first-order valence-electron chi connectivity index (χ1n) is 6.41. The molecule has 2 heterocycles. The first-order valence-corrected chi connectivity index (χ1v) is 6.41. The highest BCUT2D eigenvalue weighted by Gasteiger charge is 2.27. The van der Waals surface area contributed by atoms with Crippen molar-refractivity contribution in [2.45, 2.75) is 45.2 Å². The van der Waals surface area contributed by atoms with E-state index in [1.54, 1.807) is 6.07 Å². The standard InChI is InChI=1S/C14H22N2O/c1-14(2,3)15-10-7-12(8-11-15)16-9-5-4-6-13(16)17/h4-6,9,12H,7-8,10-11H2,1-3H3. The lowest BCUT2D eigenvalue weighted by Crippen LogP contribution is -2.47. The maximum Gasteiger partial charge on any atom is 0.250 e. The quantitative estimate of drug-likeness (QED) is 0.745. The van der Waals surface area contributed by atoms with Gasteiger partial charge >= 0.3 is 0 Å². The van der Waals surface area contributed by atoms with E-state index in [0.29, 0.717) is 6.04 Å². The van der Waals surface area contributed by atoms with Crippen molar-refractivity contribution in [3.8, 4) is 0 Å². The van der Waals surface area contributed by atoms with Crippen molar-refractivity contribution in [2.24, 2.45) is 0 Å². The van der Waals surface area contributed by atoms with Gasteiger partial charge in [-0.2, -0.15) is 0 Å². The Hall–Kier alpha value is -1.09. The summed E-state index contributed by atoms with van der Waals surface area (Å²) in [5.41, 5.74) is 0.369. The van der Waals surface area contributed by atoms with Crippen LogP contribution in [0.5, 0.6) is 0 Å². The molecule has 0 amide bonds. The molecule has 0 unspecified atom stereocenters. The topological polar surface area (TPSA) is 25.2 Å². The predicted molar refractivity (Wildman–Crippen MR) is 70.3 cm³/mol. The summed E-state index contributed by atoms with van der Waals surface area (Å²) in [5, 5.41) is 0. The van der Waals surface area contributed by atoms with E-state index in [2.05, 4.69) is 25.7 Å². The lowest BCUT2D eigenvalue weighted by molar-refractivity contribution is 0.0890. The molecule has 0 saturated carbocycles. The molecule has 17 heavy (non-hydrogen) atoms. The van der Waals surface area contributed by atoms with Gasteiger partial charge in [-0.3, -0.25) is 9.69 Å². The maximum atomic E-state index is 11.7. The van der Waals surface area contributed by atoms with Crippen molar-refractivity contribution in [1.29, 1.82) is 0 Å². The molecular formula is C14H22N2O. The Labute approximate surface area is 103 Å². The van der Waals surface area contributed by atoms with E-state index < -0.39 is 0 Å². The smallest absolute Gasteiger partial charge is 0.250 e. The van der Waals surface area contributed by atoms with Crippen molar-refractivity contribution in [3.63, 3.8) is 0 Å². The highest BCUT2D eigenvalue weighted by molar-refractivity contribution is 4.96. The van der Waals surface area contributed by atoms with Crippen LogP contribution < -0.4 is 5.56 Å². The molecule has 0 atom stereocenters. The number of hydrogen-bond donors (Lipinski definition) is 0. The van der Waals surface area contributed by atoms with E-state index in [1.807, 2.05) is 22.9 Å². The van der Waals surface area contributed by atoms with Crippen molar-refractivity contribution >= 4 is 0 Å². The Morgan fingerprint density at radius 1 is 1.18 bits per heavy atom. The molecular weight excluding hydrogens is 212 g/mol. The minimum atomic E-state index is 0.127. The lowest BCUT2D eigenvalue weighted by Gasteiger charge is -2.41. The van der Waals surface area contributed by atoms with Crippen LogP contribution in [0.4, 0.5) is 0 Å². The van der Waals surface area contributed by atoms with Crippen LogP contribution in [0, 0.1) is 0 Å². The number of nitrogens with zero attached hydrogens (tertiary/aromatic N) is 2. The van der Waals surface area contributed by atoms with Crippen LogP contribution in [0.15, 0.2) is 29.2 Å². The zero-order valence-corrected chi connectivity index (χ0v) is 11.0. The second kappa shape index (κ2) is 4.65. The molecule has 1 aliphatic heterocycles. The Bertz CT molecular complexity index is 422. The fraction of sp³-hybridized carbons (Fsp3) is 0.643. The average Bonchev–Trinajstić information content (AvgIpc) is 2.29. The van der Waals surface area contributed by atoms with E-state index in [-0.39, 0.29) is 11.1 Å². The third-order valence-corrected chi connectivity index (χ3v) is 3.66. The van der Waals surface area contributed by atoms with Crippen LogP contribution in [-0.4, -0.2) is 28.1 Å². The largest absolute Gasteiger partial charge is 0.312 e. The van der Waals surface area contributed by atoms with Gasteiger partial charge < -0.3 is 4.57 Å². The van der Waals surface area contributed by atoms with Crippen molar-refractivity contribution < 1.29 is 0 Å². The Kier molecular flexibility index (Phi) is 3.38. The molecule has 0 N–H and O–H groups in total. The first kappa shape index (κ1) is 12.4. The van der Waals surface area contributed by atoms with E-state index in [4.69, 9.17) is 0 Å². The van der Waals surface area contributed by atoms with Gasteiger partial charge in [0.15, 0.2) is 0 Å². The van der Waals surface area contributed by atoms with Crippen LogP contribution >= 0.6 is 0 Å². The summed E-state index contributed by atoms with van der Waals surface area (Å²) in [4.78, 5) is 14.2. The minimum absolute atomic E-state index is 0.127. The molecule has 2 rings (SSSR count). The third-order valence-electron chi connectivity index (χ3n) is 3.66. The van der Waals surface area contributed by atoms with Crippen LogP contribution in [0.1, 0.15) is 39.7 Å². The second-order valence-electron chi connectivity index (χ2n) is 5.84. The molecule has 1 aromatic heterocycles. The summed E-state index contributed by atoms with van der Waals surface area (Å²) in [6.07, 6.45) is 4.06. The van der Waals surface area contributed by atoms with Crippen molar-refractivity contribution in [2.75, 3.05) is 13.1 Å². The van der Waals surface area contributed by atoms with Gasteiger partial charge in [-0.15, -0.1) is 0 Å². The molecule has 0 radical (unpaired) electrons. The summed E-state index contributed by atoms with van der Waals surface area (Å²) < 4.78 is 1.89. The monoisotopic (exact) mass is 234 g/mol. The highest BCUT2D eigenvalue weighted by atomic mass is 16.1. The molecule has 0 bridgehead atoms. The van der Waals surface area contributed by atoms with E-state index in [9.17, 15) is 4.79 Å². The fourth-order valence-electron chi connectivity index (χ4n) is 2.56. The number of aromatic nitrogens is 1. The Morgan fingerprint density at radius 3 is 2.35 bits per heavy atom. The van der Waals surface area contributed by atoms with Crippen LogP contribution in [0.25, 0.3) is 0 Å². The fourth-order valence-corrected chi connectivity index (χ4v) is 2.56. The molecule has 1 aromatic rings. The van der Waals surface area contributed by atoms with E-state index in [1.165, 1.54) is 0 Å². The Morgan fingerprint density at radius 2 is 1.82 bits per heavy atom. The van der Waals surface area contributed by atoms with E-state index in [0.717, 1.165) is 25.9 Å². The van der Waals surface area contributed by atoms with Gasteiger partial charge in [0.2, 0.25) is 0 Å². The average molecular weight is 234 g/mol. The second-order valence-corrected chi connectivity index (χ2v) is 5.84. The number of hydrogen-bond acceptors (Lipinski definition) is 2. The summed E-state index contributed by atoms with van der Waals surface area (Å²) in [5.74, 6) is 0. The molecule has 1 aliphatic rings. The number of piperidine rings is 1. The van der Waals surface area contributed by atoms with Gasteiger partial charge in [0.1, 0.15) is 0 Å². The van der Waals surface area contributed by atoms with Crippen molar-refractivity contribution in [3.05, 3.63) is 34.7 Å². The molecule has 3 heteroatoms. The van der Waals surface area contributed by atoms with Gasteiger partial charge in [0.25, 0.3) is 5.56 Å². The Balaban J connectivity index is 2.05. The molecule has 3 nitrogen and oxygen atoms in total. The van der Waals surface area contributed by atoms with Crippen molar-refractivity contribution in [1.82, 2.24) is 9.47 Å². The van der Waals surface area contributed by atoms with Gasteiger partial charge in [0.05, 0.1) is 0 Å². The number of rotatable bonds is 1. The van der Waals surface area contributed by atoms with Crippen LogP contribution in [-0.2, 0) is 0 Å². The summed E-state index contributed by atoms with van der Waals surface area (Å²) in [7, 11) is 0. The van der Waals surface area contributed by atoms with Gasteiger partial charge in [-0.1, -0.05) is 6.07 Å². The van der Waals surface area contributed by atoms with Gasteiger partial charge in [0, 0.05) is 36.9 Å². The zero-order chi connectivity index (χ0) is 12.5. The van der Waals surface area contributed by atoms with Crippen LogP contribution in [0.3, 0.4) is 0 Å². The molecule has 0 aromatic carbocycles. The van der Waals surface area contributed by atoms with Gasteiger partial charge in [-0.05, 0) is 39.7 Å². The molecule has 94 valence electrons. The molecule has 0 aliphatic carbocycles. The van der Waals surface area contributed by atoms with Crippen LogP contribution in [0.2, 0.25) is 0 Å². The SMILES string of the molecule is CC(C)(C)N1CCC(n2ccccc2=O)CC1. The molecule has 1 saturated heterocycles. The minimum Gasteiger partial charge on any atom is -0.312 e. The van der Waals surface area contributed by atoms with E-state index >= 15 is 0 Å². The number of pyridine rings is 1. The van der Waals surface area contributed by atoms with Gasteiger partial charge in [-0.25, -0.2) is 0 Å². The normalized spacial score (nSPS) is 19.5. The molecule has 1 fully saturated rings. The summed E-state index contributed by atoms with van der Waals surface area (Å²) >= 11 is 0. The first-order chi connectivity index (χ1) is 7.98. The molecule has 0 spiro atoms. The third kappa shape index (κ3) is 2.78. The summed E-state index contributed by atoms with van der Waals surface area (Å²) in [6, 6.07) is 5.78. The predicted octanol–water partition coefficient (Wildman–Crippen LogP) is 2.28. The summed E-state index contributed by atoms with van der Waals surface area (Å²) in [6.45, 7) is 8.91. The maximum absolute atomic E-state index is 11.7.